The monoisotopic (exact) mass is 344 g/mol. The van der Waals surface area contributed by atoms with Crippen molar-refractivity contribution in [3.05, 3.63) is 64.7 Å². The second-order valence-electron chi connectivity index (χ2n) is 5.89. The van der Waals surface area contributed by atoms with Gasteiger partial charge in [-0.1, -0.05) is 35.9 Å². The Bertz CT molecular complexity index is 703. The fourth-order valence-corrected chi connectivity index (χ4v) is 3.23. The fraction of sp³-hybridized carbons (Fsp3) is 0.316. The molecule has 0 saturated carbocycles. The number of nitrogens with zero attached hydrogens (tertiary/aromatic N) is 1. The summed E-state index contributed by atoms with van der Waals surface area (Å²) in [5.74, 6) is 0.928. The second kappa shape index (κ2) is 7.69. The van der Waals surface area contributed by atoms with Gasteiger partial charge >= 0.3 is 0 Å². The highest BCUT2D eigenvalue weighted by Gasteiger charge is 2.27. The van der Waals surface area contributed by atoms with Crippen LogP contribution in [0.5, 0.6) is 5.75 Å². The first kappa shape index (κ1) is 16.8. The smallest absolute Gasteiger partial charge is 0.227 e. The van der Waals surface area contributed by atoms with Gasteiger partial charge in [0.05, 0.1) is 19.6 Å². The van der Waals surface area contributed by atoms with E-state index < -0.39 is 0 Å². The zero-order valence-electron chi connectivity index (χ0n) is 13.7. The van der Waals surface area contributed by atoms with Gasteiger partial charge in [-0.25, -0.2) is 0 Å². The average molecular weight is 345 g/mol. The quantitative estimate of drug-likeness (QED) is 0.926. The number of hydrogen-bond acceptors (Lipinski definition) is 3. The second-order valence-corrected chi connectivity index (χ2v) is 6.32. The molecular weight excluding hydrogens is 324 g/mol. The van der Waals surface area contributed by atoms with E-state index in [1.807, 2.05) is 53.4 Å². The summed E-state index contributed by atoms with van der Waals surface area (Å²) in [7, 11) is 1.64. The number of carbonyl (C=O) groups excluding carboxylic acids is 1. The zero-order chi connectivity index (χ0) is 16.9. The third kappa shape index (κ3) is 3.89. The van der Waals surface area contributed by atoms with Crippen molar-refractivity contribution in [3.8, 4) is 5.75 Å². The lowest BCUT2D eigenvalue weighted by Gasteiger charge is -2.36. The van der Waals surface area contributed by atoms with Crippen LogP contribution in [0.2, 0.25) is 5.02 Å². The summed E-state index contributed by atoms with van der Waals surface area (Å²) in [5.41, 5.74) is 2.06. The number of piperazine rings is 1. The van der Waals surface area contributed by atoms with Gasteiger partial charge in [-0.2, -0.15) is 0 Å². The first-order valence-corrected chi connectivity index (χ1v) is 8.44. The van der Waals surface area contributed by atoms with Crippen LogP contribution in [0.3, 0.4) is 0 Å². The molecule has 0 aliphatic carbocycles. The van der Waals surface area contributed by atoms with Crippen LogP contribution in [0.25, 0.3) is 0 Å². The number of amides is 1. The lowest BCUT2D eigenvalue weighted by Crippen LogP contribution is -2.49. The summed E-state index contributed by atoms with van der Waals surface area (Å²) in [6, 6.07) is 15.4. The highest BCUT2D eigenvalue weighted by Crippen LogP contribution is 2.25. The minimum absolute atomic E-state index is 0.0169. The minimum atomic E-state index is 0.0169. The number of benzene rings is 2. The zero-order valence-corrected chi connectivity index (χ0v) is 14.4. The van der Waals surface area contributed by atoms with Crippen LogP contribution in [0.15, 0.2) is 48.5 Å². The van der Waals surface area contributed by atoms with E-state index in [-0.39, 0.29) is 11.9 Å². The fourth-order valence-electron chi connectivity index (χ4n) is 3.03. The van der Waals surface area contributed by atoms with Gasteiger partial charge in [-0.15, -0.1) is 0 Å². The van der Waals surface area contributed by atoms with Crippen LogP contribution in [-0.2, 0) is 11.2 Å². The number of rotatable bonds is 4. The van der Waals surface area contributed by atoms with Gasteiger partial charge in [0.1, 0.15) is 5.75 Å². The summed E-state index contributed by atoms with van der Waals surface area (Å²) in [6.45, 7) is 2.26. The molecule has 2 aromatic carbocycles. The standard InChI is InChI=1S/C19H21ClN2O2/c1-24-17-7-5-14(6-8-17)11-19(23)22-10-9-21-13-18(22)15-3-2-4-16(20)12-15/h2-8,12,18,21H,9-11,13H2,1H3. The van der Waals surface area contributed by atoms with E-state index in [1.165, 1.54) is 0 Å². The summed E-state index contributed by atoms with van der Waals surface area (Å²) in [4.78, 5) is 14.8. The van der Waals surface area contributed by atoms with Gasteiger partial charge in [0.25, 0.3) is 0 Å². The number of carbonyl (C=O) groups is 1. The maximum atomic E-state index is 12.8. The molecule has 5 heteroatoms. The molecule has 1 unspecified atom stereocenters. The molecule has 2 aromatic rings. The molecule has 1 heterocycles. The van der Waals surface area contributed by atoms with Crippen molar-refractivity contribution in [2.24, 2.45) is 0 Å². The van der Waals surface area contributed by atoms with E-state index in [2.05, 4.69) is 5.32 Å². The lowest BCUT2D eigenvalue weighted by atomic mass is 10.0. The Morgan fingerprint density at radius 3 is 2.79 bits per heavy atom. The predicted octanol–water partition coefficient (Wildman–Crippen LogP) is 3.06. The molecule has 126 valence electrons. The van der Waals surface area contributed by atoms with Crippen LogP contribution >= 0.6 is 11.6 Å². The number of methoxy groups -OCH3 is 1. The van der Waals surface area contributed by atoms with Crippen molar-refractivity contribution in [2.75, 3.05) is 26.7 Å². The van der Waals surface area contributed by atoms with E-state index >= 15 is 0 Å². The number of ether oxygens (including phenoxy) is 1. The van der Waals surface area contributed by atoms with Crippen molar-refractivity contribution >= 4 is 17.5 Å². The van der Waals surface area contributed by atoms with Crippen LogP contribution in [0, 0.1) is 0 Å². The number of hydrogen-bond donors (Lipinski definition) is 1. The maximum absolute atomic E-state index is 12.8. The number of nitrogens with one attached hydrogen (secondary N) is 1. The summed E-state index contributed by atoms with van der Waals surface area (Å²) in [6.07, 6.45) is 0.390. The molecular formula is C19H21ClN2O2. The normalized spacial score (nSPS) is 17.6. The highest BCUT2D eigenvalue weighted by atomic mass is 35.5. The van der Waals surface area contributed by atoms with Gasteiger partial charge in [-0.05, 0) is 35.4 Å². The Labute approximate surface area is 147 Å². The highest BCUT2D eigenvalue weighted by molar-refractivity contribution is 6.30. The first-order valence-electron chi connectivity index (χ1n) is 8.06. The molecule has 1 amide bonds. The minimum Gasteiger partial charge on any atom is -0.497 e. The Morgan fingerprint density at radius 2 is 2.08 bits per heavy atom. The van der Waals surface area contributed by atoms with Gasteiger partial charge < -0.3 is 15.0 Å². The maximum Gasteiger partial charge on any atom is 0.227 e. The SMILES string of the molecule is COc1ccc(CC(=O)N2CCNCC2c2cccc(Cl)c2)cc1. The molecule has 24 heavy (non-hydrogen) atoms. The molecule has 0 bridgehead atoms. The van der Waals surface area contributed by atoms with Crippen LogP contribution in [-0.4, -0.2) is 37.6 Å². The molecule has 1 N–H and O–H groups in total. The third-order valence-corrected chi connectivity index (χ3v) is 4.55. The Kier molecular flexibility index (Phi) is 5.38. The van der Waals surface area contributed by atoms with Crippen LogP contribution in [0.1, 0.15) is 17.2 Å². The Hall–Kier alpha value is -2.04. The Balaban J connectivity index is 1.75. The predicted molar refractivity (Wildman–Crippen MR) is 95.5 cm³/mol. The molecule has 1 fully saturated rings. The van der Waals surface area contributed by atoms with Crippen LogP contribution < -0.4 is 10.1 Å². The van der Waals surface area contributed by atoms with Crippen molar-refractivity contribution in [2.45, 2.75) is 12.5 Å². The van der Waals surface area contributed by atoms with Gasteiger partial charge in [0.2, 0.25) is 5.91 Å². The lowest BCUT2D eigenvalue weighted by molar-refractivity contribution is -0.133. The van der Waals surface area contributed by atoms with E-state index in [1.54, 1.807) is 7.11 Å². The summed E-state index contributed by atoms with van der Waals surface area (Å²) >= 11 is 6.11. The van der Waals surface area contributed by atoms with Crippen molar-refractivity contribution in [1.82, 2.24) is 10.2 Å². The average Bonchev–Trinajstić information content (AvgIpc) is 2.62. The van der Waals surface area contributed by atoms with E-state index in [4.69, 9.17) is 16.3 Å². The molecule has 0 radical (unpaired) electrons. The van der Waals surface area contributed by atoms with Gasteiger partial charge in [0, 0.05) is 24.7 Å². The van der Waals surface area contributed by atoms with E-state index in [0.717, 1.165) is 30.0 Å². The van der Waals surface area contributed by atoms with Gasteiger partial charge in [-0.3, -0.25) is 4.79 Å². The number of halogens is 1. The summed E-state index contributed by atoms with van der Waals surface area (Å²) in [5, 5.41) is 4.06. The largest absolute Gasteiger partial charge is 0.497 e. The van der Waals surface area contributed by atoms with Gasteiger partial charge in [0.15, 0.2) is 0 Å². The Morgan fingerprint density at radius 1 is 1.29 bits per heavy atom. The topological polar surface area (TPSA) is 41.6 Å². The molecule has 0 aromatic heterocycles. The van der Waals surface area contributed by atoms with Crippen molar-refractivity contribution in [1.29, 1.82) is 0 Å². The molecule has 1 aliphatic rings. The van der Waals surface area contributed by atoms with Crippen molar-refractivity contribution < 1.29 is 9.53 Å². The van der Waals surface area contributed by atoms with Crippen molar-refractivity contribution in [3.63, 3.8) is 0 Å². The molecule has 0 spiro atoms. The molecule has 1 saturated heterocycles. The summed E-state index contributed by atoms with van der Waals surface area (Å²) < 4.78 is 5.16. The van der Waals surface area contributed by atoms with E-state index in [0.29, 0.717) is 18.0 Å². The van der Waals surface area contributed by atoms with Crippen LogP contribution in [0.4, 0.5) is 0 Å². The molecule has 1 aliphatic heterocycles. The molecule has 4 nitrogen and oxygen atoms in total. The molecule has 3 rings (SSSR count). The third-order valence-electron chi connectivity index (χ3n) is 4.31. The first-order chi connectivity index (χ1) is 11.7. The van der Waals surface area contributed by atoms with E-state index in [9.17, 15) is 4.79 Å². The molecule has 1 atom stereocenters.